The van der Waals surface area contributed by atoms with Gasteiger partial charge in [-0.3, -0.25) is 4.90 Å². The minimum absolute atomic E-state index is 0.219. The zero-order valence-corrected chi connectivity index (χ0v) is 8.64. The van der Waals surface area contributed by atoms with Crippen molar-refractivity contribution < 1.29 is 5.11 Å². The van der Waals surface area contributed by atoms with Gasteiger partial charge in [0.05, 0.1) is 12.8 Å². The molecule has 0 amide bonds. The van der Waals surface area contributed by atoms with E-state index in [0.29, 0.717) is 11.7 Å². The van der Waals surface area contributed by atoms with Gasteiger partial charge < -0.3 is 5.11 Å². The summed E-state index contributed by atoms with van der Waals surface area (Å²) < 4.78 is 0. The smallest absolute Gasteiger partial charge is 0.122 e. The Bertz CT molecular complexity index is 147. The molecule has 1 aliphatic heterocycles. The largest absolute Gasteiger partial charge is 0.395 e. The van der Waals surface area contributed by atoms with Crippen molar-refractivity contribution in [3.8, 4) is 0 Å². The molecule has 12 heavy (non-hydrogen) atoms. The molecule has 0 radical (unpaired) electrons. The highest BCUT2D eigenvalue weighted by molar-refractivity contribution is 7.99. The number of aliphatic hydroxyl groups is 1. The van der Waals surface area contributed by atoms with Gasteiger partial charge in [0.1, 0.15) is 5.50 Å². The molecule has 2 unspecified atom stereocenters. The van der Waals surface area contributed by atoms with Gasteiger partial charge in [-0.2, -0.15) is 0 Å². The van der Waals surface area contributed by atoms with E-state index in [9.17, 15) is 0 Å². The van der Waals surface area contributed by atoms with E-state index < -0.39 is 0 Å². The SMILES string of the molecule is CSC1NN(C)C(C)N1CCO. The molecular formula is C7H17N3OS. The van der Waals surface area contributed by atoms with Crippen LogP contribution in [0.25, 0.3) is 0 Å². The zero-order chi connectivity index (χ0) is 9.14. The summed E-state index contributed by atoms with van der Waals surface area (Å²) in [6.45, 7) is 3.07. The summed E-state index contributed by atoms with van der Waals surface area (Å²) in [5, 5.41) is 10.9. The van der Waals surface area contributed by atoms with Crippen LogP contribution in [-0.4, -0.2) is 53.1 Å². The van der Waals surface area contributed by atoms with E-state index in [4.69, 9.17) is 5.11 Å². The van der Waals surface area contributed by atoms with E-state index in [1.165, 1.54) is 0 Å². The van der Waals surface area contributed by atoms with E-state index in [1.807, 2.05) is 7.05 Å². The molecule has 0 aromatic rings. The number of nitrogens with one attached hydrogen (secondary N) is 1. The lowest BCUT2D eigenvalue weighted by Gasteiger charge is -2.24. The molecule has 0 bridgehead atoms. The topological polar surface area (TPSA) is 38.7 Å². The molecule has 0 aromatic carbocycles. The molecule has 72 valence electrons. The standard InChI is InChI=1S/C7H17N3OS/c1-6-9(2)8-7(12-3)10(6)4-5-11/h6-8,11H,4-5H2,1-3H3. The number of nitrogens with zero attached hydrogens (tertiary/aromatic N) is 2. The minimum atomic E-state index is 0.219. The van der Waals surface area contributed by atoms with Gasteiger partial charge >= 0.3 is 0 Å². The van der Waals surface area contributed by atoms with Crippen LogP contribution in [0.15, 0.2) is 0 Å². The van der Waals surface area contributed by atoms with Gasteiger partial charge in [-0.15, -0.1) is 11.8 Å². The third kappa shape index (κ3) is 1.92. The average Bonchev–Trinajstić information content (AvgIpc) is 2.33. The van der Waals surface area contributed by atoms with Gasteiger partial charge in [0.15, 0.2) is 0 Å². The lowest BCUT2D eigenvalue weighted by Crippen LogP contribution is -2.38. The Morgan fingerprint density at radius 3 is 2.75 bits per heavy atom. The Balaban J connectivity index is 2.53. The number of β-amino-alcohol motifs (C(OH)–C–C–N with tert-alkyl or cyclic N) is 1. The molecule has 1 fully saturated rings. The second-order valence-electron chi connectivity index (χ2n) is 2.92. The summed E-state index contributed by atoms with van der Waals surface area (Å²) >= 11 is 1.75. The zero-order valence-electron chi connectivity index (χ0n) is 7.82. The van der Waals surface area contributed by atoms with Crippen LogP contribution in [0, 0.1) is 0 Å². The van der Waals surface area contributed by atoms with Gasteiger partial charge in [-0.25, -0.2) is 10.4 Å². The number of hydrogen-bond donors (Lipinski definition) is 2. The highest BCUT2D eigenvalue weighted by atomic mass is 32.2. The number of hydrogen-bond acceptors (Lipinski definition) is 5. The van der Waals surface area contributed by atoms with Crippen LogP contribution < -0.4 is 5.43 Å². The monoisotopic (exact) mass is 191 g/mol. The van der Waals surface area contributed by atoms with Gasteiger partial charge in [-0.1, -0.05) is 0 Å². The van der Waals surface area contributed by atoms with E-state index in [-0.39, 0.29) is 6.61 Å². The van der Waals surface area contributed by atoms with Crippen LogP contribution in [0.5, 0.6) is 0 Å². The number of thioether (sulfide) groups is 1. The Labute approximate surface area is 77.9 Å². The Morgan fingerprint density at radius 2 is 2.25 bits per heavy atom. The summed E-state index contributed by atoms with van der Waals surface area (Å²) in [4.78, 5) is 2.23. The Kier molecular flexibility index (Phi) is 3.79. The van der Waals surface area contributed by atoms with Crippen LogP contribution in [0.2, 0.25) is 0 Å². The molecule has 0 saturated carbocycles. The number of aliphatic hydroxyl groups excluding tert-OH is 1. The molecule has 0 aliphatic carbocycles. The van der Waals surface area contributed by atoms with Crippen molar-refractivity contribution in [1.29, 1.82) is 0 Å². The van der Waals surface area contributed by atoms with E-state index in [0.717, 1.165) is 6.54 Å². The second-order valence-corrected chi connectivity index (χ2v) is 3.84. The first-order valence-corrected chi connectivity index (χ1v) is 5.38. The quantitative estimate of drug-likeness (QED) is 0.642. The average molecular weight is 191 g/mol. The van der Waals surface area contributed by atoms with Gasteiger partial charge in [-0.05, 0) is 13.2 Å². The first-order chi connectivity index (χ1) is 5.70. The molecule has 0 aromatic heterocycles. The molecule has 0 spiro atoms. The van der Waals surface area contributed by atoms with E-state index >= 15 is 0 Å². The van der Waals surface area contributed by atoms with Crippen LogP contribution in [-0.2, 0) is 0 Å². The van der Waals surface area contributed by atoms with Crippen molar-refractivity contribution in [2.75, 3.05) is 26.5 Å². The number of hydrazine groups is 1. The van der Waals surface area contributed by atoms with Crippen molar-refractivity contribution in [3.05, 3.63) is 0 Å². The molecular weight excluding hydrogens is 174 g/mol. The lowest BCUT2D eigenvalue weighted by atomic mass is 10.4. The molecule has 1 aliphatic rings. The Morgan fingerprint density at radius 1 is 1.58 bits per heavy atom. The maximum Gasteiger partial charge on any atom is 0.122 e. The predicted octanol–water partition coefficient (Wildman–Crippen LogP) is -0.277. The fourth-order valence-electron chi connectivity index (χ4n) is 1.38. The fourth-order valence-corrected chi connectivity index (χ4v) is 2.21. The van der Waals surface area contributed by atoms with E-state index in [1.54, 1.807) is 11.8 Å². The molecule has 2 atom stereocenters. The van der Waals surface area contributed by atoms with Gasteiger partial charge in [0.25, 0.3) is 0 Å². The van der Waals surface area contributed by atoms with Crippen LogP contribution in [0.3, 0.4) is 0 Å². The molecule has 2 N–H and O–H groups in total. The van der Waals surface area contributed by atoms with E-state index in [2.05, 4.69) is 28.5 Å². The first-order valence-electron chi connectivity index (χ1n) is 4.09. The third-order valence-electron chi connectivity index (χ3n) is 2.24. The third-order valence-corrected chi connectivity index (χ3v) is 3.06. The summed E-state index contributed by atoms with van der Waals surface area (Å²) in [5.74, 6) is 0. The highest BCUT2D eigenvalue weighted by Crippen LogP contribution is 2.20. The molecule has 5 heteroatoms. The Hall–Kier alpha value is 0.190. The van der Waals surface area contributed by atoms with Crippen LogP contribution >= 0.6 is 11.8 Å². The molecule has 4 nitrogen and oxygen atoms in total. The van der Waals surface area contributed by atoms with Crippen molar-refractivity contribution >= 4 is 11.8 Å². The normalized spacial score (nSPS) is 33.0. The van der Waals surface area contributed by atoms with Crippen molar-refractivity contribution in [2.24, 2.45) is 0 Å². The molecule has 1 heterocycles. The second kappa shape index (κ2) is 4.43. The first kappa shape index (κ1) is 10.3. The van der Waals surface area contributed by atoms with Crippen molar-refractivity contribution in [1.82, 2.24) is 15.3 Å². The number of rotatable bonds is 3. The van der Waals surface area contributed by atoms with Crippen LogP contribution in [0.4, 0.5) is 0 Å². The summed E-state index contributed by atoms with van der Waals surface area (Å²) in [5.41, 5.74) is 3.60. The van der Waals surface area contributed by atoms with Gasteiger partial charge in [0.2, 0.25) is 0 Å². The molecule has 1 saturated heterocycles. The maximum atomic E-state index is 8.85. The van der Waals surface area contributed by atoms with Gasteiger partial charge in [0, 0.05) is 13.6 Å². The predicted molar refractivity (Wildman–Crippen MR) is 51.5 cm³/mol. The minimum Gasteiger partial charge on any atom is -0.395 e. The fraction of sp³-hybridized carbons (Fsp3) is 1.00. The van der Waals surface area contributed by atoms with Crippen LogP contribution in [0.1, 0.15) is 6.92 Å². The molecule has 1 rings (SSSR count). The lowest BCUT2D eigenvalue weighted by molar-refractivity contribution is 0.133. The summed E-state index contributed by atoms with van der Waals surface area (Å²) in [6, 6.07) is 0. The van der Waals surface area contributed by atoms with Crippen molar-refractivity contribution in [3.63, 3.8) is 0 Å². The summed E-state index contributed by atoms with van der Waals surface area (Å²) in [6.07, 6.45) is 2.42. The summed E-state index contributed by atoms with van der Waals surface area (Å²) in [7, 11) is 2.02. The maximum absolute atomic E-state index is 8.85. The highest BCUT2D eigenvalue weighted by Gasteiger charge is 2.32. The van der Waals surface area contributed by atoms with Crippen molar-refractivity contribution in [2.45, 2.75) is 18.6 Å².